The summed E-state index contributed by atoms with van der Waals surface area (Å²) < 4.78 is 0. The van der Waals surface area contributed by atoms with Crippen LogP contribution in [0, 0.1) is 0 Å². The van der Waals surface area contributed by atoms with Gasteiger partial charge in [-0.1, -0.05) is 18.2 Å². The first-order chi connectivity index (χ1) is 12.6. The fourth-order valence-electron chi connectivity index (χ4n) is 3.39. The Hall–Kier alpha value is -2.67. The SMILES string of the molecule is O=C1Cc2cc(CC(=O)N3CCN(C(=O)c4cccs4)CC3)ccc2N1. The van der Waals surface area contributed by atoms with Gasteiger partial charge in [0.2, 0.25) is 11.8 Å². The van der Waals surface area contributed by atoms with Crippen molar-refractivity contribution < 1.29 is 14.4 Å². The Kier molecular flexibility index (Phi) is 4.46. The van der Waals surface area contributed by atoms with Gasteiger partial charge in [-0.05, 0) is 28.6 Å². The number of benzene rings is 1. The summed E-state index contributed by atoms with van der Waals surface area (Å²) >= 11 is 1.44. The number of thiophene rings is 1. The van der Waals surface area contributed by atoms with Gasteiger partial charge in [-0.2, -0.15) is 0 Å². The van der Waals surface area contributed by atoms with Crippen molar-refractivity contribution in [3.05, 3.63) is 51.7 Å². The molecule has 3 heterocycles. The van der Waals surface area contributed by atoms with E-state index in [0.717, 1.165) is 21.7 Å². The zero-order valence-electron chi connectivity index (χ0n) is 14.2. The van der Waals surface area contributed by atoms with Crippen LogP contribution < -0.4 is 5.32 Å². The van der Waals surface area contributed by atoms with Crippen molar-refractivity contribution in [2.75, 3.05) is 31.5 Å². The lowest BCUT2D eigenvalue weighted by atomic mass is 10.1. The molecule has 2 aromatic rings. The molecule has 1 fully saturated rings. The number of anilines is 1. The Bertz CT molecular complexity index is 855. The Morgan fingerprint density at radius 2 is 1.85 bits per heavy atom. The van der Waals surface area contributed by atoms with Crippen LogP contribution >= 0.6 is 11.3 Å². The summed E-state index contributed by atoms with van der Waals surface area (Å²) in [5.41, 5.74) is 2.71. The molecule has 0 saturated carbocycles. The van der Waals surface area contributed by atoms with Gasteiger partial charge in [-0.25, -0.2) is 0 Å². The second-order valence-corrected chi connectivity index (χ2v) is 7.49. The monoisotopic (exact) mass is 369 g/mol. The predicted octanol–water partition coefficient (Wildman–Crippen LogP) is 1.77. The van der Waals surface area contributed by atoms with Crippen LogP contribution in [0.1, 0.15) is 20.8 Å². The van der Waals surface area contributed by atoms with E-state index in [1.807, 2.05) is 45.5 Å². The molecule has 1 aromatic carbocycles. The number of carbonyl (C=O) groups excluding carboxylic acids is 3. The highest BCUT2D eigenvalue weighted by atomic mass is 32.1. The van der Waals surface area contributed by atoms with E-state index < -0.39 is 0 Å². The maximum atomic E-state index is 12.6. The van der Waals surface area contributed by atoms with Crippen molar-refractivity contribution in [3.63, 3.8) is 0 Å². The standard InChI is InChI=1S/C19H19N3O3S/c23-17-12-14-10-13(3-4-15(14)20-17)11-18(24)21-5-7-22(8-6-21)19(25)16-2-1-9-26-16/h1-4,9-10H,5-8,11-12H2,(H,20,23). The van der Waals surface area contributed by atoms with E-state index in [9.17, 15) is 14.4 Å². The summed E-state index contributed by atoms with van der Waals surface area (Å²) in [4.78, 5) is 40.7. The molecule has 0 aliphatic carbocycles. The molecule has 6 nitrogen and oxygen atoms in total. The molecule has 1 N–H and O–H groups in total. The van der Waals surface area contributed by atoms with Gasteiger partial charge in [0.25, 0.3) is 5.91 Å². The van der Waals surface area contributed by atoms with E-state index in [4.69, 9.17) is 0 Å². The minimum absolute atomic E-state index is 0.00462. The Morgan fingerprint density at radius 3 is 2.58 bits per heavy atom. The Balaban J connectivity index is 1.33. The zero-order valence-corrected chi connectivity index (χ0v) is 15.1. The van der Waals surface area contributed by atoms with Crippen molar-refractivity contribution >= 4 is 34.7 Å². The molecule has 3 amide bonds. The van der Waals surface area contributed by atoms with E-state index in [1.54, 1.807) is 0 Å². The van der Waals surface area contributed by atoms with E-state index in [-0.39, 0.29) is 17.7 Å². The molecule has 1 aromatic heterocycles. The second-order valence-electron chi connectivity index (χ2n) is 6.54. The van der Waals surface area contributed by atoms with Gasteiger partial charge in [0.15, 0.2) is 0 Å². The quantitative estimate of drug-likeness (QED) is 0.896. The van der Waals surface area contributed by atoms with Gasteiger partial charge in [0, 0.05) is 31.9 Å². The number of hydrogen-bond acceptors (Lipinski definition) is 4. The fraction of sp³-hybridized carbons (Fsp3) is 0.316. The number of fused-ring (bicyclic) bond motifs is 1. The molecule has 1 saturated heterocycles. The summed E-state index contributed by atoms with van der Waals surface area (Å²) in [6.45, 7) is 2.23. The highest BCUT2D eigenvalue weighted by Gasteiger charge is 2.25. The minimum Gasteiger partial charge on any atom is -0.339 e. The van der Waals surface area contributed by atoms with Crippen molar-refractivity contribution in [2.24, 2.45) is 0 Å². The lowest BCUT2D eigenvalue weighted by molar-refractivity contribution is -0.131. The number of nitrogens with one attached hydrogen (secondary N) is 1. The van der Waals surface area contributed by atoms with Gasteiger partial charge < -0.3 is 15.1 Å². The molecule has 0 spiro atoms. The first-order valence-corrected chi connectivity index (χ1v) is 9.50. The summed E-state index contributed by atoms with van der Waals surface area (Å²) in [7, 11) is 0. The highest BCUT2D eigenvalue weighted by molar-refractivity contribution is 7.12. The van der Waals surface area contributed by atoms with Crippen LogP contribution in [0.15, 0.2) is 35.7 Å². The van der Waals surface area contributed by atoms with E-state index >= 15 is 0 Å². The van der Waals surface area contributed by atoms with Crippen LogP contribution in [0.5, 0.6) is 0 Å². The number of piperazine rings is 1. The second kappa shape index (κ2) is 6.92. The Labute approximate surface area is 155 Å². The molecular weight excluding hydrogens is 350 g/mol. The van der Waals surface area contributed by atoms with Gasteiger partial charge in [-0.15, -0.1) is 11.3 Å². The number of amides is 3. The number of hydrogen-bond donors (Lipinski definition) is 1. The van der Waals surface area contributed by atoms with Crippen LogP contribution in [0.25, 0.3) is 0 Å². The topological polar surface area (TPSA) is 69.7 Å². The molecule has 2 aliphatic rings. The maximum Gasteiger partial charge on any atom is 0.264 e. The van der Waals surface area contributed by atoms with Crippen LogP contribution in [0.2, 0.25) is 0 Å². The third kappa shape index (κ3) is 3.35. The van der Waals surface area contributed by atoms with E-state index in [1.165, 1.54) is 11.3 Å². The molecule has 4 rings (SSSR count). The van der Waals surface area contributed by atoms with Crippen molar-refractivity contribution in [1.82, 2.24) is 9.80 Å². The number of carbonyl (C=O) groups is 3. The number of rotatable bonds is 3. The minimum atomic E-state index is -0.00462. The third-order valence-corrected chi connectivity index (χ3v) is 5.66. The molecule has 0 atom stereocenters. The van der Waals surface area contributed by atoms with Crippen LogP contribution in [0.3, 0.4) is 0 Å². The average Bonchev–Trinajstić information content (AvgIpc) is 3.29. The third-order valence-electron chi connectivity index (χ3n) is 4.80. The molecule has 0 radical (unpaired) electrons. The maximum absolute atomic E-state index is 12.6. The van der Waals surface area contributed by atoms with Crippen molar-refractivity contribution in [1.29, 1.82) is 0 Å². The summed E-state index contributed by atoms with van der Waals surface area (Å²) in [5.74, 6) is 0.100. The first-order valence-electron chi connectivity index (χ1n) is 8.62. The number of nitrogens with zero attached hydrogens (tertiary/aromatic N) is 2. The van der Waals surface area contributed by atoms with Crippen molar-refractivity contribution in [3.8, 4) is 0 Å². The first kappa shape index (κ1) is 16.8. The average molecular weight is 369 g/mol. The molecule has 134 valence electrons. The van der Waals surface area contributed by atoms with Gasteiger partial charge >= 0.3 is 0 Å². The predicted molar refractivity (Wildman–Crippen MR) is 99.3 cm³/mol. The summed E-state index contributed by atoms with van der Waals surface area (Å²) in [6, 6.07) is 9.39. The van der Waals surface area contributed by atoms with E-state index in [2.05, 4.69) is 5.32 Å². The molecule has 0 unspecified atom stereocenters. The van der Waals surface area contributed by atoms with Gasteiger partial charge in [-0.3, -0.25) is 14.4 Å². The zero-order chi connectivity index (χ0) is 18.1. The largest absolute Gasteiger partial charge is 0.339 e. The molecular formula is C19H19N3O3S. The van der Waals surface area contributed by atoms with Crippen LogP contribution in [0.4, 0.5) is 5.69 Å². The molecule has 0 bridgehead atoms. The highest BCUT2D eigenvalue weighted by Crippen LogP contribution is 2.24. The molecule has 26 heavy (non-hydrogen) atoms. The molecule has 2 aliphatic heterocycles. The summed E-state index contributed by atoms with van der Waals surface area (Å²) in [5, 5.41) is 4.69. The van der Waals surface area contributed by atoms with Gasteiger partial charge in [0.05, 0.1) is 17.7 Å². The van der Waals surface area contributed by atoms with Crippen LogP contribution in [-0.2, 0) is 22.4 Å². The normalized spacial score (nSPS) is 16.4. The van der Waals surface area contributed by atoms with Gasteiger partial charge in [0.1, 0.15) is 0 Å². The molecule has 7 heteroatoms. The fourth-order valence-corrected chi connectivity index (χ4v) is 4.08. The van der Waals surface area contributed by atoms with Crippen molar-refractivity contribution in [2.45, 2.75) is 12.8 Å². The Morgan fingerprint density at radius 1 is 1.08 bits per heavy atom. The lowest BCUT2D eigenvalue weighted by Crippen LogP contribution is -2.50. The van der Waals surface area contributed by atoms with Crippen LogP contribution in [-0.4, -0.2) is 53.7 Å². The lowest BCUT2D eigenvalue weighted by Gasteiger charge is -2.34. The van der Waals surface area contributed by atoms with E-state index in [0.29, 0.717) is 39.0 Å². The summed E-state index contributed by atoms with van der Waals surface area (Å²) in [6.07, 6.45) is 0.696. The smallest absolute Gasteiger partial charge is 0.264 e.